The zero-order chi connectivity index (χ0) is 22.4. The summed E-state index contributed by atoms with van der Waals surface area (Å²) >= 11 is 0. The minimum absolute atomic E-state index is 0.319. The minimum Gasteiger partial charge on any atom is -0.462 e. The molecule has 1 unspecified atom stereocenters. The molecule has 5 heteroatoms. The van der Waals surface area contributed by atoms with Crippen molar-refractivity contribution in [1.29, 1.82) is 0 Å². The highest BCUT2D eigenvalue weighted by atomic mass is 16.5. The Balaban J connectivity index is 1.97. The van der Waals surface area contributed by atoms with Gasteiger partial charge in [0.2, 0.25) is 0 Å². The monoisotopic (exact) mass is 415 g/mol. The van der Waals surface area contributed by atoms with Gasteiger partial charge in [0.15, 0.2) is 0 Å². The molecule has 1 aromatic carbocycles. The summed E-state index contributed by atoms with van der Waals surface area (Å²) in [6.07, 6.45) is 6.36. The molecule has 3 rings (SSSR count). The number of pyridine rings is 1. The van der Waals surface area contributed by atoms with Gasteiger partial charge in [0.1, 0.15) is 0 Å². The number of aromatic amines is 1. The minimum atomic E-state index is -0.319. The molecule has 0 saturated heterocycles. The molecule has 2 heterocycles. The highest BCUT2D eigenvalue weighted by molar-refractivity contribution is 5.97. The first-order chi connectivity index (χ1) is 14.9. The average molecular weight is 416 g/mol. The van der Waals surface area contributed by atoms with Crippen molar-refractivity contribution in [3.05, 3.63) is 70.4 Å². The third kappa shape index (κ3) is 5.37. The van der Waals surface area contributed by atoms with Crippen molar-refractivity contribution in [2.75, 3.05) is 6.61 Å². The molecule has 0 aliphatic rings. The van der Waals surface area contributed by atoms with Crippen molar-refractivity contribution in [2.24, 2.45) is 5.92 Å². The molecule has 0 saturated carbocycles. The SMILES string of the molecule is C=c1ccc(-c2cn[nH]c2-c2cccc(C)n2)c/c1=C/C(=C\C)C(=O)OCC(C)CC. The number of H-pyrrole nitrogens is 1. The number of carbonyl (C=O) groups excluding carboxylic acids is 1. The molecule has 31 heavy (non-hydrogen) atoms. The van der Waals surface area contributed by atoms with Gasteiger partial charge in [-0.15, -0.1) is 0 Å². The van der Waals surface area contributed by atoms with Crippen molar-refractivity contribution in [3.63, 3.8) is 0 Å². The van der Waals surface area contributed by atoms with E-state index >= 15 is 0 Å². The Morgan fingerprint density at radius 3 is 2.81 bits per heavy atom. The van der Waals surface area contributed by atoms with E-state index < -0.39 is 0 Å². The maximum atomic E-state index is 12.5. The van der Waals surface area contributed by atoms with Crippen LogP contribution in [0.25, 0.3) is 35.2 Å². The van der Waals surface area contributed by atoms with E-state index in [0.29, 0.717) is 18.1 Å². The van der Waals surface area contributed by atoms with E-state index in [1.807, 2.05) is 56.3 Å². The van der Waals surface area contributed by atoms with Crippen LogP contribution in [-0.2, 0) is 9.53 Å². The second-order valence-corrected chi connectivity index (χ2v) is 7.74. The first kappa shape index (κ1) is 22.2. The van der Waals surface area contributed by atoms with Crippen LogP contribution in [0.2, 0.25) is 0 Å². The number of hydrogen-bond donors (Lipinski definition) is 1. The molecule has 0 aliphatic heterocycles. The molecule has 5 nitrogen and oxygen atoms in total. The molecule has 0 bridgehead atoms. The van der Waals surface area contributed by atoms with Crippen molar-refractivity contribution in [3.8, 4) is 22.5 Å². The van der Waals surface area contributed by atoms with Gasteiger partial charge in [-0.25, -0.2) is 4.79 Å². The molecule has 3 aromatic rings. The van der Waals surface area contributed by atoms with Crippen molar-refractivity contribution < 1.29 is 9.53 Å². The Kier molecular flexibility index (Phi) is 7.19. The first-order valence-corrected chi connectivity index (χ1v) is 10.5. The van der Waals surface area contributed by atoms with Crippen LogP contribution in [0, 0.1) is 12.8 Å². The van der Waals surface area contributed by atoms with E-state index in [-0.39, 0.29) is 5.97 Å². The fourth-order valence-electron chi connectivity index (χ4n) is 3.13. The van der Waals surface area contributed by atoms with E-state index in [1.165, 1.54) is 0 Å². The number of aryl methyl sites for hydroxylation is 1. The van der Waals surface area contributed by atoms with Crippen molar-refractivity contribution in [1.82, 2.24) is 15.2 Å². The smallest absolute Gasteiger partial charge is 0.337 e. The summed E-state index contributed by atoms with van der Waals surface area (Å²) in [4.78, 5) is 17.1. The molecule has 0 spiro atoms. The summed E-state index contributed by atoms with van der Waals surface area (Å²) < 4.78 is 5.47. The van der Waals surface area contributed by atoms with E-state index in [4.69, 9.17) is 4.74 Å². The van der Waals surface area contributed by atoms with Gasteiger partial charge < -0.3 is 4.74 Å². The Morgan fingerprint density at radius 1 is 1.29 bits per heavy atom. The summed E-state index contributed by atoms with van der Waals surface area (Å²) in [7, 11) is 0. The number of carbonyl (C=O) groups is 1. The zero-order valence-corrected chi connectivity index (χ0v) is 18.6. The average Bonchev–Trinajstić information content (AvgIpc) is 3.26. The Bertz CT molecular complexity index is 1210. The topological polar surface area (TPSA) is 67.9 Å². The number of rotatable bonds is 7. The number of esters is 1. The lowest BCUT2D eigenvalue weighted by Gasteiger charge is -2.10. The van der Waals surface area contributed by atoms with Gasteiger partial charge in [0.25, 0.3) is 0 Å². The van der Waals surface area contributed by atoms with Gasteiger partial charge in [0.05, 0.1) is 29.8 Å². The molecule has 160 valence electrons. The van der Waals surface area contributed by atoms with Gasteiger partial charge in [-0.1, -0.05) is 51.1 Å². The summed E-state index contributed by atoms with van der Waals surface area (Å²) in [5.74, 6) is 0.0177. The Morgan fingerprint density at radius 2 is 2.10 bits per heavy atom. The maximum absolute atomic E-state index is 12.5. The lowest BCUT2D eigenvalue weighted by Crippen LogP contribution is -2.24. The van der Waals surface area contributed by atoms with Crippen LogP contribution in [0.1, 0.15) is 32.9 Å². The second kappa shape index (κ2) is 10.0. The molecule has 0 radical (unpaired) electrons. The van der Waals surface area contributed by atoms with Crippen LogP contribution in [0.5, 0.6) is 0 Å². The molecule has 2 aromatic heterocycles. The zero-order valence-electron chi connectivity index (χ0n) is 18.6. The van der Waals surface area contributed by atoms with Crippen LogP contribution in [0.3, 0.4) is 0 Å². The fraction of sp³-hybridized carbons (Fsp3) is 0.269. The number of hydrogen-bond acceptors (Lipinski definition) is 4. The number of ether oxygens (including phenoxy) is 1. The van der Waals surface area contributed by atoms with Gasteiger partial charge in [-0.3, -0.25) is 10.1 Å². The normalized spacial score (nSPS) is 13.3. The summed E-state index contributed by atoms with van der Waals surface area (Å²) in [5, 5.41) is 8.98. The fourth-order valence-corrected chi connectivity index (χ4v) is 3.13. The van der Waals surface area contributed by atoms with E-state index in [9.17, 15) is 4.79 Å². The van der Waals surface area contributed by atoms with Crippen LogP contribution < -0.4 is 10.4 Å². The highest BCUT2D eigenvalue weighted by Crippen LogP contribution is 2.28. The maximum Gasteiger partial charge on any atom is 0.337 e. The molecule has 1 N–H and O–H groups in total. The number of nitrogens with one attached hydrogen (secondary N) is 1. The van der Waals surface area contributed by atoms with Crippen LogP contribution in [0.4, 0.5) is 0 Å². The first-order valence-electron chi connectivity index (χ1n) is 10.5. The van der Waals surface area contributed by atoms with E-state index in [2.05, 4.69) is 35.6 Å². The predicted molar refractivity (Wildman–Crippen MR) is 125 cm³/mol. The Labute approximate surface area is 183 Å². The van der Waals surface area contributed by atoms with E-state index in [1.54, 1.807) is 12.3 Å². The lowest BCUT2D eigenvalue weighted by atomic mass is 10.0. The Hall–Kier alpha value is -3.47. The van der Waals surface area contributed by atoms with Crippen LogP contribution in [-0.4, -0.2) is 27.8 Å². The van der Waals surface area contributed by atoms with Gasteiger partial charge in [-0.05, 0) is 60.0 Å². The number of nitrogens with zero attached hydrogens (tertiary/aromatic N) is 2. The van der Waals surface area contributed by atoms with Gasteiger partial charge in [-0.2, -0.15) is 5.10 Å². The number of aromatic nitrogens is 3. The number of benzene rings is 1. The summed E-state index contributed by atoms with van der Waals surface area (Å²) in [6.45, 7) is 12.5. The second-order valence-electron chi connectivity index (χ2n) is 7.74. The third-order valence-electron chi connectivity index (χ3n) is 5.29. The van der Waals surface area contributed by atoms with Crippen molar-refractivity contribution in [2.45, 2.75) is 34.1 Å². The molecular formula is C26H29N3O2. The molecular weight excluding hydrogens is 386 g/mol. The third-order valence-corrected chi connectivity index (χ3v) is 5.29. The quantitative estimate of drug-likeness (QED) is 0.464. The molecule has 0 aliphatic carbocycles. The van der Waals surface area contributed by atoms with Crippen LogP contribution in [0.15, 0.2) is 54.2 Å². The molecule has 0 fully saturated rings. The lowest BCUT2D eigenvalue weighted by molar-refractivity contribution is -0.139. The number of allylic oxidation sites excluding steroid dienone is 1. The highest BCUT2D eigenvalue weighted by Gasteiger charge is 2.13. The largest absolute Gasteiger partial charge is 0.462 e. The van der Waals surface area contributed by atoms with Crippen molar-refractivity contribution >= 4 is 18.6 Å². The summed E-state index contributed by atoms with van der Waals surface area (Å²) in [6, 6.07) is 11.8. The van der Waals surface area contributed by atoms with Gasteiger partial charge >= 0.3 is 5.97 Å². The van der Waals surface area contributed by atoms with E-state index in [0.717, 1.165) is 45.1 Å². The molecule has 0 amide bonds. The molecule has 1 atom stereocenters. The van der Waals surface area contributed by atoms with Gasteiger partial charge in [0, 0.05) is 11.3 Å². The summed E-state index contributed by atoms with van der Waals surface area (Å²) in [5.41, 5.74) is 5.04. The van der Waals surface area contributed by atoms with Crippen LogP contribution >= 0.6 is 0 Å². The predicted octanol–water partition coefficient (Wildman–Crippen LogP) is 4.17. The standard InChI is InChI=1S/C26H29N3O2/c1-6-17(3)16-31-26(30)20(7-2)13-22-14-21(12-11-18(22)4)23-15-27-29-25(23)24-10-8-9-19(5)28-24/h7-15,17H,4,6,16H2,1-3,5H3,(H,27,29)/b20-7+,22-13-.